The molecule has 0 aliphatic carbocycles. The van der Waals surface area contributed by atoms with E-state index in [9.17, 15) is 32.5 Å². The lowest BCUT2D eigenvalue weighted by Gasteiger charge is -2.11. The van der Waals surface area contributed by atoms with Crippen LogP contribution in [0.15, 0.2) is 36.4 Å². The number of amides is 1. The van der Waals surface area contributed by atoms with Gasteiger partial charge in [-0.25, -0.2) is 4.39 Å². The zero-order valence-corrected chi connectivity index (χ0v) is 12.6. The highest BCUT2D eigenvalue weighted by molar-refractivity contribution is 6.07. The number of nitrogens with one attached hydrogen (secondary N) is 1. The first-order valence-corrected chi connectivity index (χ1v) is 6.64. The van der Waals surface area contributed by atoms with Gasteiger partial charge in [-0.2, -0.15) is 13.2 Å². The Morgan fingerprint density at radius 1 is 1.20 bits per heavy atom. The van der Waals surface area contributed by atoms with Crippen molar-refractivity contribution in [3.8, 4) is 5.75 Å². The Kier molecular flexibility index (Phi) is 4.91. The van der Waals surface area contributed by atoms with Crippen molar-refractivity contribution in [2.24, 2.45) is 0 Å². The summed E-state index contributed by atoms with van der Waals surface area (Å²) in [5.41, 5.74) is -2.90. The minimum absolute atomic E-state index is 0.144. The number of halogens is 4. The molecule has 132 valence electrons. The van der Waals surface area contributed by atoms with Crippen LogP contribution in [0.1, 0.15) is 15.9 Å². The first kappa shape index (κ1) is 18.2. The van der Waals surface area contributed by atoms with E-state index in [1.807, 2.05) is 0 Å². The molecule has 1 amide bonds. The van der Waals surface area contributed by atoms with E-state index in [-0.39, 0.29) is 11.4 Å². The zero-order valence-electron chi connectivity index (χ0n) is 12.6. The zero-order chi connectivity index (χ0) is 18.8. The lowest BCUT2D eigenvalue weighted by atomic mass is 10.1. The summed E-state index contributed by atoms with van der Waals surface area (Å²) in [6.45, 7) is 0. The molecule has 25 heavy (non-hydrogen) atoms. The average molecular weight is 358 g/mol. The van der Waals surface area contributed by atoms with Gasteiger partial charge in [-0.15, -0.1) is 0 Å². The lowest BCUT2D eigenvalue weighted by Crippen LogP contribution is -2.15. The second kappa shape index (κ2) is 6.75. The number of rotatable bonds is 4. The molecule has 0 unspecified atom stereocenters. The van der Waals surface area contributed by atoms with E-state index in [2.05, 4.69) is 5.32 Å². The van der Waals surface area contributed by atoms with Crippen LogP contribution in [-0.2, 0) is 6.18 Å². The Hall–Kier alpha value is -3.17. The topological polar surface area (TPSA) is 81.5 Å². The molecular formula is C15H10F4N2O4. The summed E-state index contributed by atoms with van der Waals surface area (Å²) in [7, 11) is 1.28. The van der Waals surface area contributed by atoms with Gasteiger partial charge in [-0.1, -0.05) is 0 Å². The van der Waals surface area contributed by atoms with Crippen molar-refractivity contribution in [3.63, 3.8) is 0 Å². The molecule has 2 aromatic carbocycles. The van der Waals surface area contributed by atoms with E-state index in [0.717, 1.165) is 18.2 Å². The molecule has 2 rings (SSSR count). The van der Waals surface area contributed by atoms with E-state index < -0.39 is 39.6 Å². The molecule has 10 heteroatoms. The van der Waals surface area contributed by atoms with E-state index in [1.165, 1.54) is 13.2 Å². The Morgan fingerprint density at radius 3 is 2.44 bits per heavy atom. The highest BCUT2D eigenvalue weighted by Crippen LogP contribution is 2.33. The van der Waals surface area contributed by atoms with Gasteiger partial charge in [0.1, 0.15) is 17.1 Å². The molecule has 0 aliphatic heterocycles. The number of nitro groups is 1. The number of nitrogens with zero attached hydrogens (tertiary/aromatic N) is 1. The van der Waals surface area contributed by atoms with E-state index in [0.29, 0.717) is 12.1 Å². The third-order valence-corrected chi connectivity index (χ3v) is 3.17. The summed E-state index contributed by atoms with van der Waals surface area (Å²) < 4.78 is 56.2. The van der Waals surface area contributed by atoms with Crippen molar-refractivity contribution in [1.29, 1.82) is 0 Å². The van der Waals surface area contributed by atoms with Gasteiger partial charge in [0.15, 0.2) is 0 Å². The number of nitro benzene ring substituents is 1. The number of ether oxygens (including phenoxy) is 1. The predicted molar refractivity (Wildman–Crippen MR) is 79.0 cm³/mol. The van der Waals surface area contributed by atoms with Crippen LogP contribution in [-0.4, -0.2) is 17.9 Å². The summed E-state index contributed by atoms with van der Waals surface area (Å²) in [6, 6.07) is 5.21. The maximum atomic E-state index is 13.3. The fourth-order valence-corrected chi connectivity index (χ4v) is 2.00. The normalized spacial score (nSPS) is 11.1. The van der Waals surface area contributed by atoms with Gasteiger partial charge in [-0.05, 0) is 30.3 Å². The average Bonchev–Trinajstić information content (AvgIpc) is 2.54. The molecule has 0 spiro atoms. The number of anilines is 1. The van der Waals surface area contributed by atoms with Gasteiger partial charge < -0.3 is 10.1 Å². The number of alkyl halides is 3. The highest BCUT2D eigenvalue weighted by atomic mass is 19.4. The van der Waals surface area contributed by atoms with Crippen LogP contribution in [0, 0.1) is 15.9 Å². The largest absolute Gasteiger partial charge is 0.497 e. The molecule has 6 nitrogen and oxygen atoms in total. The van der Waals surface area contributed by atoms with E-state index in [1.54, 1.807) is 0 Å². The molecule has 0 saturated heterocycles. The summed E-state index contributed by atoms with van der Waals surface area (Å²) in [4.78, 5) is 22.4. The van der Waals surface area contributed by atoms with Gasteiger partial charge in [0.05, 0.1) is 17.6 Å². The van der Waals surface area contributed by atoms with Crippen LogP contribution in [0.3, 0.4) is 0 Å². The minimum Gasteiger partial charge on any atom is -0.497 e. The molecule has 1 N–H and O–H groups in total. The smallest absolute Gasteiger partial charge is 0.419 e. The summed E-state index contributed by atoms with van der Waals surface area (Å²) in [6.07, 6.45) is -4.95. The second-order valence-electron chi connectivity index (χ2n) is 4.79. The first-order chi connectivity index (χ1) is 11.6. The van der Waals surface area contributed by atoms with Crippen LogP contribution < -0.4 is 10.1 Å². The molecule has 0 aliphatic rings. The maximum Gasteiger partial charge on any atom is 0.419 e. The number of hydrogen-bond donors (Lipinski definition) is 1. The van der Waals surface area contributed by atoms with Gasteiger partial charge in [0.25, 0.3) is 11.6 Å². The summed E-state index contributed by atoms with van der Waals surface area (Å²) >= 11 is 0. The minimum atomic E-state index is -4.95. The summed E-state index contributed by atoms with van der Waals surface area (Å²) in [5.74, 6) is -2.39. The van der Waals surface area contributed by atoms with Crippen LogP contribution >= 0.6 is 0 Å². The standard InChI is InChI=1S/C15H10F4N2O4/c1-25-9-3-5-13(21(23)24)10(7-9)14(22)20-8-2-4-12(16)11(6-8)15(17,18)19/h2-7H,1H3,(H,20,22). The molecule has 0 fully saturated rings. The quantitative estimate of drug-likeness (QED) is 0.509. The summed E-state index contributed by atoms with van der Waals surface area (Å²) in [5, 5.41) is 13.1. The van der Waals surface area contributed by atoms with Crippen molar-refractivity contribution in [2.45, 2.75) is 6.18 Å². The number of benzene rings is 2. The lowest BCUT2D eigenvalue weighted by molar-refractivity contribution is -0.385. The van der Waals surface area contributed by atoms with Crippen LogP contribution in [0.25, 0.3) is 0 Å². The molecule has 0 atom stereocenters. The molecule has 0 heterocycles. The number of carbonyl (C=O) groups is 1. The van der Waals surface area contributed by atoms with Gasteiger partial charge >= 0.3 is 6.18 Å². The number of hydrogen-bond acceptors (Lipinski definition) is 4. The molecule has 0 saturated carbocycles. The molecular weight excluding hydrogens is 348 g/mol. The van der Waals surface area contributed by atoms with Gasteiger partial charge in [-0.3, -0.25) is 14.9 Å². The van der Waals surface area contributed by atoms with Crippen molar-refractivity contribution in [1.82, 2.24) is 0 Å². The fourth-order valence-electron chi connectivity index (χ4n) is 2.00. The molecule has 0 aromatic heterocycles. The van der Waals surface area contributed by atoms with Crippen molar-refractivity contribution >= 4 is 17.3 Å². The van der Waals surface area contributed by atoms with Crippen molar-refractivity contribution in [3.05, 3.63) is 63.5 Å². The van der Waals surface area contributed by atoms with Crippen molar-refractivity contribution in [2.75, 3.05) is 12.4 Å². The third-order valence-electron chi connectivity index (χ3n) is 3.17. The Morgan fingerprint density at radius 2 is 1.88 bits per heavy atom. The van der Waals surface area contributed by atoms with Crippen molar-refractivity contribution < 1.29 is 32.0 Å². The molecule has 0 bridgehead atoms. The Bertz CT molecular complexity index is 837. The Labute approximate surface area is 138 Å². The maximum absolute atomic E-state index is 13.3. The van der Waals surface area contributed by atoms with Gasteiger partial charge in [0, 0.05) is 11.8 Å². The van der Waals surface area contributed by atoms with E-state index in [4.69, 9.17) is 4.74 Å². The SMILES string of the molecule is COc1ccc([N+](=O)[O-])c(C(=O)Nc2ccc(F)c(C(F)(F)F)c2)c1. The third kappa shape index (κ3) is 4.03. The predicted octanol–water partition coefficient (Wildman–Crippen LogP) is 4.01. The number of methoxy groups -OCH3 is 1. The molecule has 0 radical (unpaired) electrons. The Balaban J connectivity index is 2.39. The monoisotopic (exact) mass is 358 g/mol. The number of carbonyl (C=O) groups excluding carboxylic acids is 1. The van der Waals surface area contributed by atoms with Crippen LogP contribution in [0.5, 0.6) is 5.75 Å². The highest BCUT2D eigenvalue weighted by Gasteiger charge is 2.34. The fraction of sp³-hybridized carbons (Fsp3) is 0.133. The van der Waals surface area contributed by atoms with Gasteiger partial charge in [0.2, 0.25) is 0 Å². The van der Waals surface area contributed by atoms with E-state index >= 15 is 0 Å². The molecule has 2 aromatic rings. The first-order valence-electron chi connectivity index (χ1n) is 6.64. The van der Waals surface area contributed by atoms with Crippen LogP contribution in [0.4, 0.5) is 28.9 Å². The second-order valence-corrected chi connectivity index (χ2v) is 4.79. The van der Waals surface area contributed by atoms with Crippen LogP contribution in [0.2, 0.25) is 0 Å².